The minimum absolute atomic E-state index is 0.0820. The van der Waals surface area contributed by atoms with Gasteiger partial charge >= 0.3 is 11.8 Å². The first-order valence-corrected chi connectivity index (χ1v) is 9.98. The van der Waals surface area contributed by atoms with Crippen LogP contribution < -0.4 is 0 Å². The van der Waals surface area contributed by atoms with Gasteiger partial charge in [0.05, 0.1) is 4.90 Å². The summed E-state index contributed by atoms with van der Waals surface area (Å²) in [5.41, 5.74) is 0.943. The lowest BCUT2D eigenvalue weighted by atomic mass is 10.2. The van der Waals surface area contributed by atoms with Crippen LogP contribution in [0.3, 0.4) is 0 Å². The van der Waals surface area contributed by atoms with E-state index in [0.29, 0.717) is 11.6 Å². The van der Waals surface area contributed by atoms with E-state index in [-0.39, 0.29) is 16.6 Å². The average Bonchev–Trinajstić information content (AvgIpc) is 3.10. The predicted octanol–water partition coefficient (Wildman–Crippen LogP) is 2.97. The summed E-state index contributed by atoms with van der Waals surface area (Å²) in [7, 11) is -2.08. The summed E-state index contributed by atoms with van der Waals surface area (Å²) in [5.74, 6) is -1.30. The van der Waals surface area contributed by atoms with Gasteiger partial charge in [-0.25, -0.2) is 8.42 Å². The first-order chi connectivity index (χ1) is 12.8. The molecule has 140 valence electrons. The van der Waals surface area contributed by atoms with Crippen molar-refractivity contribution in [2.24, 2.45) is 0 Å². The zero-order valence-electron chi connectivity index (χ0n) is 14.4. The van der Waals surface area contributed by atoms with Crippen LogP contribution in [-0.2, 0) is 22.1 Å². The number of rotatable bonds is 6. The third kappa shape index (κ3) is 4.72. The molecule has 0 aliphatic carbocycles. The molecule has 1 heterocycles. The topological polar surface area (TPSA) is 93.4 Å². The van der Waals surface area contributed by atoms with Crippen molar-refractivity contribution in [3.05, 3.63) is 76.9 Å². The Hall–Kier alpha value is -2.71. The first kappa shape index (κ1) is 19.1. The molecule has 3 aromatic rings. The highest BCUT2D eigenvalue weighted by Gasteiger charge is 2.23. The second-order valence-corrected chi connectivity index (χ2v) is 8.30. The Bertz CT molecular complexity index is 1030. The highest BCUT2D eigenvalue weighted by Crippen LogP contribution is 2.18. The molecule has 0 fully saturated rings. The zero-order valence-corrected chi connectivity index (χ0v) is 15.9. The van der Waals surface area contributed by atoms with Gasteiger partial charge in [0.25, 0.3) is 0 Å². The summed E-state index contributed by atoms with van der Waals surface area (Å²) in [5, 5.41) is 4.05. The molecule has 7 nitrogen and oxygen atoms in total. The maximum Gasteiger partial charge on any atom is 0.316 e. The van der Waals surface area contributed by atoms with Gasteiger partial charge in [-0.1, -0.05) is 47.1 Å². The van der Waals surface area contributed by atoms with Gasteiger partial charge in [0.2, 0.25) is 0 Å². The van der Waals surface area contributed by atoms with Crippen molar-refractivity contribution in [2.45, 2.75) is 17.2 Å². The van der Waals surface area contributed by atoms with Crippen LogP contribution in [-0.4, -0.2) is 36.4 Å². The fourth-order valence-electron chi connectivity index (χ4n) is 2.39. The highest BCUT2D eigenvalue weighted by atomic mass is 35.5. The molecule has 0 bridgehead atoms. The van der Waals surface area contributed by atoms with Crippen molar-refractivity contribution in [1.29, 1.82) is 0 Å². The largest absolute Gasteiger partial charge is 0.333 e. The van der Waals surface area contributed by atoms with E-state index in [4.69, 9.17) is 16.1 Å². The van der Waals surface area contributed by atoms with Crippen LogP contribution in [0.4, 0.5) is 0 Å². The number of sulfone groups is 1. The van der Waals surface area contributed by atoms with Crippen LogP contribution in [0.5, 0.6) is 0 Å². The summed E-state index contributed by atoms with van der Waals surface area (Å²) in [6.45, 7) is 0.362. The van der Waals surface area contributed by atoms with Crippen molar-refractivity contribution >= 4 is 27.3 Å². The van der Waals surface area contributed by atoms with Crippen molar-refractivity contribution in [3.8, 4) is 0 Å². The van der Waals surface area contributed by atoms with Crippen molar-refractivity contribution in [3.63, 3.8) is 0 Å². The number of halogens is 1. The van der Waals surface area contributed by atoms with E-state index >= 15 is 0 Å². The molecule has 27 heavy (non-hydrogen) atoms. The van der Waals surface area contributed by atoms with Gasteiger partial charge in [-0.3, -0.25) is 4.79 Å². The molecule has 0 N–H and O–H groups in total. The molecule has 0 saturated heterocycles. The van der Waals surface area contributed by atoms with Gasteiger partial charge in [0.1, 0.15) is 5.75 Å². The number of amides is 1. The number of benzene rings is 2. The van der Waals surface area contributed by atoms with Gasteiger partial charge < -0.3 is 9.42 Å². The van der Waals surface area contributed by atoms with Gasteiger partial charge in [-0.05, 0) is 29.8 Å². The molecule has 0 aliphatic rings. The van der Waals surface area contributed by atoms with Gasteiger partial charge in [-0.2, -0.15) is 4.98 Å². The van der Waals surface area contributed by atoms with E-state index in [1.54, 1.807) is 7.05 Å². The Balaban J connectivity index is 1.70. The Morgan fingerprint density at radius 2 is 1.78 bits per heavy atom. The van der Waals surface area contributed by atoms with E-state index in [9.17, 15) is 13.2 Å². The lowest BCUT2D eigenvalue weighted by Gasteiger charge is -2.14. The standard InChI is InChI=1S/C18H16ClN3O4S/c1-22(11-13-5-3-2-4-6-13)18(23)17-20-16(21-26-17)12-27(24,25)15-9-7-14(19)8-10-15/h2-10H,11-12H2,1H3. The molecule has 3 rings (SSSR count). The second kappa shape index (κ2) is 7.89. The van der Waals surface area contributed by atoms with Crippen LogP contribution in [0, 0.1) is 0 Å². The zero-order chi connectivity index (χ0) is 19.4. The number of carbonyl (C=O) groups excluding carboxylic acids is 1. The Kier molecular flexibility index (Phi) is 5.57. The molecule has 0 saturated carbocycles. The normalized spacial score (nSPS) is 11.3. The van der Waals surface area contributed by atoms with Crippen LogP contribution >= 0.6 is 11.6 Å². The number of carbonyl (C=O) groups is 1. The quantitative estimate of drug-likeness (QED) is 0.625. The van der Waals surface area contributed by atoms with Crippen molar-refractivity contribution in [1.82, 2.24) is 15.0 Å². The average molecular weight is 406 g/mol. The van der Waals surface area contributed by atoms with E-state index in [2.05, 4.69) is 10.1 Å². The van der Waals surface area contributed by atoms with Crippen LogP contribution in [0.25, 0.3) is 0 Å². The molecule has 1 aromatic heterocycles. The molecule has 0 aliphatic heterocycles. The minimum atomic E-state index is -3.68. The smallest absolute Gasteiger partial charge is 0.316 e. The SMILES string of the molecule is CN(Cc1ccccc1)C(=O)c1nc(CS(=O)(=O)c2ccc(Cl)cc2)no1. The molecule has 9 heteroatoms. The number of hydrogen-bond acceptors (Lipinski definition) is 6. The molecule has 1 amide bonds. The Morgan fingerprint density at radius 1 is 1.11 bits per heavy atom. The summed E-state index contributed by atoms with van der Waals surface area (Å²) >= 11 is 5.77. The minimum Gasteiger partial charge on any atom is -0.333 e. The van der Waals surface area contributed by atoms with E-state index < -0.39 is 21.5 Å². The summed E-state index contributed by atoms with van der Waals surface area (Å²) < 4.78 is 29.8. The lowest BCUT2D eigenvalue weighted by molar-refractivity contribution is 0.0735. The predicted molar refractivity (Wildman–Crippen MR) is 98.9 cm³/mol. The lowest BCUT2D eigenvalue weighted by Crippen LogP contribution is -2.26. The fraction of sp³-hybridized carbons (Fsp3) is 0.167. The van der Waals surface area contributed by atoms with Crippen LogP contribution in [0.15, 0.2) is 64.0 Å². The molecule has 0 unspecified atom stereocenters. The Morgan fingerprint density at radius 3 is 2.44 bits per heavy atom. The van der Waals surface area contributed by atoms with Crippen LogP contribution in [0.1, 0.15) is 22.1 Å². The van der Waals surface area contributed by atoms with Crippen LogP contribution in [0.2, 0.25) is 5.02 Å². The third-order valence-corrected chi connectivity index (χ3v) is 5.63. The van der Waals surface area contributed by atoms with E-state index in [1.807, 2.05) is 30.3 Å². The third-order valence-electron chi connectivity index (χ3n) is 3.75. The molecule has 2 aromatic carbocycles. The summed E-state index contributed by atoms with van der Waals surface area (Å²) in [6.07, 6.45) is 0. The summed E-state index contributed by atoms with van der Waals surface area (Å²) in [4.78, 5) is 17.8. The van der Waals surface area contributed by atoms with Gasteiger partial charge in [-0.15, -0.1) is 0 Å². The fourth-order valence-corrected chi connectivity index (χ4v) is 3.69. The van der Waals surface area contributed by atoms with Crippen molar-refractivity contribution < 1.29 is 17.7 Å². The molecule has 0 atom stereocenters. The maximum atomic E-state index is 12.4. The highest BCUT2D eigenvalue weighted by molar-refractivity contribution is 7.90. The number of nitrogens with zero attached hydrogens (tertiary/aromatic N) is 3. The molecular weight excluding hydrogens is 390 g/mol. The number of aromatic nitrogens is 2. The monoisotopic (exact) mass is 405 g/mol. The van der Waals surface area contributed by atoms with E-state index in [1.165, 1.54) is 29.2 Å². The molecular formula is C18H16ClN3O4S. The summed E-state index contributed by atoms with van der Waals surface area (Å²) in [6, 6.07) is 15.2. The molecule has 0 radical (unpaired) electrons. The van der Waals surface area contributed by atoms with Gasteiger partial charge in [0.15, 0.2) is 15.7 Å². The van der Waals surface area contributed by atoms with Gasteiger partial charge in [0, 0.05) is 18.6 Å². The second-order valence-electron chi connectivity index (χ2n) is 5.88. The Labute approximate surface area is 161 Å². The maximum absolute atomic E-state index is 12.4. The molecule has 0 spiro atoms. The van der Waals surface area contributed by atoms with Crippen molar-refractivity contribution in [2.75, 3.05) is 7.05 Å². The van der Waals surface area contributed by atoms with E-state index in [0.717, 1.165) is 5.56 Å². The number of hydrogen-bond donors (Lipinski definition) is 0. The first-order valence-electron chi connectivity index (χ1n) is 7.95.